The van der Waals surface area contributed by atoms with E-state index in [1.165, 1.54) is 11.8 Å². The lowest BCUT2D eigenvalue weighted by atomic mass is 10.2. The zero-order chi connectivity index (χ0) is 13.6. The summed E-state index contributed by atoms with van der Waals surface area (Å²) in [5.74, 6) is 1.14. The van der Waals surface area contributed by atoms with Crippen LogP contribution in [0.3, 0.4) is 0 Å². The molecular formula is C12H22N2O3S. The van der Waals surface area contributed by atoms with E-state index < -0.39 is 9.84 Å². The Morgan fingerprint density at radius 1 is 1.39 bits per heavy atom. The predicted molar refractivity (Wildman–Crippen MR) is 72.4 cm³/mol. The number of aryl methyl sites for hydroxylation is 1. The quantitative estimate of drug-likeness (QED) is 0.705. The van der Waals surface area contributed by atoms with E-state index in [0.717, 1.165) is 25.4 Å². The third-order valence-corrected chi connectivity index (χ3v) is 3.67. The van der Waals surface area contributed by atoms with Crippen molar-refractivity contribution in [3.63, 3.8) is 0 Å². The molecule has 5 nitrogen and oxygen atoms in total. The summed E-state index contributed by atoms with van der Waals surface area (Å²) >= 11 is 0. The highest BCUT2D eigenvalue weighted by molar-refractivity contribution is 7.90. The van der Waals surface area contributed by atoms with Gasteiger partial charge < -0.3 is 14.6 Å². The molecule has 1 N–H and O–H groups in total. The maximum absolute atomic E-state index is 10.9. The minimum absolute atomic E-state index is 0.192. The second kappa shape index (κ2) is 6.92. The fraction of sp³-hybridized carbons (Fsp3) is 0.667. The molecule has 0 radical (unpaired) electrons. The summed E-state index contributed by atoms with van der Waals surface area (Å²) in [5, 5.41) is 3.12. The molecule has 1 aromatic rings. The van der Waals surface area contributed by atoms with Crippen molar-refractivity contribution < 1.29 is 12.8 Å². The van der Waals surface area contributed by atoms with Gasteiger partial charge in [-0.25, -0.2) is 8.42 Å². The third-order valence-electron chi connectivity index (χ3n) is 2.73. The molecule has 104 valence electrons. The molecule has 0 bridgehead atoms. The second-order valence-corrected chi connectivity index (χ2v) is 6.88. The second-order valence-electron chi connectivity index (χ2n) is 4.62. The average molecular weight is 274 g/mol. The Morgan fingerprint density at radius 3 is 2.67 bits per heavy atom. The first-order chi connectivity index (χ1) is 8.38. The van der Waals surface area contributed by atoms with Gasteiger partial charge in [-0.1, -0.05) is 0 Å². The van der Waals surface area contributed by atoms with Gasteiger partial charge in [0.1, 0.15) is 15.6 Å². The fourth-order valence-electron chi connectivity index (χ4n) is 1.60. The zero-order valence-corrected chi connectivity index (χ0v) is 12.1. The SMILES string of the molecule is Cc1occc1CN(C)CCNCCS(C)(=O)=O. The van der Waals surface area contributed by atoms with E-state index in [1.807, 2.05) is 20.0 Å². The molecule has 18 heavy (non-hydrogen) atoms. The molecule has 0 atom stereocenters. The van der Waals surface area contributed by atoms with Crippen molar-refractivity contribution in [2.45, 2.75) is 13.5 Å². The van der Waals surface area contributed by atoms with Gasteiger partial charge in [-0.15, -0.1) is 0 Å². The average Bonchev–Trinajstić information content (AvgIpc) is 2.62. The monoisotopic (exact) mass is 274 g/mol. The largest absolute Gasteiger partial charge is 0.469 e. The van der Waals surface area contributed by atoms with Crippen LogP contribution in [0, 0.1) is 6.92 Å². The summed E-state index contributed by atoms with van der Waals surface area (Å²) in [6, 6.07) is 1.98. The first-order valence-electron chi connectivity index (χ1n) is 5.98. The van der Waals surface area contributed by atoms with Gasteiger partial charge in [0.25, 0.3) is 0 Å². The van der Waals surface area contributed by atoms with Gasteiger partial charge in [0, 0.05) is 38.0 Å². The van der Waals surface area contributed by atoms with Crippen LogP contribution in [-0.2, 0) is 16.4 Å². The summed E-state index contributed by atoms with van der Waals surface area (Å²) in [6.07, 6.45) is 2.95. The van der Waals surface area contributed by atoms with Crippen molar-refractivity contribution in [2.75, 3.05) is 38.7 Å². The first kappa shape index (κ1) is 15.2. The number of nitrogens with one attached hydrogen (secondary N) is 1. The maximum atomic E-state index is 10.9. The van der Waals surface area contributed by atoms with Crippen LogP contribution in [0.4, 0.5) is 0 Å². The molecule has 0 fully saturated rings. The lowest BCUT2D eigenvalue weighted by Gasteiger charge is -2.16. The molecule has 1 rings (SSSR count). The molecular weight excluding hydrogens is 252 g/mol. The van der Waals surface area contributed by atoms with E-state index in [1.54, 1.807) is 6.26 Å². The van der Waals surface area contributed by atoms with E-state index >= 15 is 0 Å². The van der Waals surface area contributed by atoms with E-state index in [-0.39, 0.29) is 5.75 Å². The summed E-state index contributed by atoms with van der Waals surface area (Å²) in [5.41, 5.74) is 1.19. The van der Waals surface area contributed by atoms with Crippen molar-refractivity contribution in [3.8, 4) is 0 Å². The van der Waals surface area contributed by atoms with Gasteiger partial charge >= 0.3 is 0 Å². The van der Waals surface area contributed by atoms with Crippen LogP contribution in [-0.4, -0.2) is 52.0 Å². The van der Waals surface area contributed by atoms with Gasteiger partial charge in [0.2, 0.25) is 0 Å². The Labute approximate surface area is 109 Å². The van der Waals surface area contributed by atoms with Gasteiger partial charge in [-0.3, -0.25) is 0 Å². The van der Waals surface area contributed by atoms with E-state index in [4.69, 9.17) is 4.42 Å². The Balaban J connectivity index is 2.14. The van der Waals surface area contributed by atoms with Crippen molar-refractivity contribution in [1.82, 2.24) is 10.2 Å². The highest BCUT2D eigenvalue weighted by Gasteiger charge is 2.05. The van der Waals surface area contributed by atoms with Crippen LogP contribution in [0.2, 0.25) is 0 Å². The predicted octanol–water partition coefficient (Wildman–Crippen LogP) is 0.654. The summed E-state index contributed by atoms with van der Waals surface area (Å²) < 4.78 is 27.1. The standard InChI is InChI=1S/C12H22N2O3S/c1-11-12(4-8-17-11)10-14(2)7-5-13-6-9-18(3,15)16/h4,8,13H,5-7,9-10H2,1-3H3. The van der Waals surface area contributed by atoms with Crippen LogP contribution in [0.25, 0.3) is 0 Å². The summed E-state index contributed by atoms with van der Waals surface area (Å²) in [4.78, 5) is 2.17. The zero-order valence-electron chi connectivity index (χ0n) is 11.3. The highest BCUT2D eigenvalue weighted by atomic mass is 32.2. The number of likely N-dealkylation sites (N-methyl/N-ethyl adjacent to an activating group) is 1. The molecule has 0 saturated heterocycles. The lowest BCUT2D eigenvalue weighted by Crippen LogP contribution is -2.31. The fourth-order valence-corrected chi connectivity index (χ4v) is 2.11. The number of rotatable bonds is 8. The molecule has 0 unspecified atom stereocenters. The Hall–Kier alpha value is -0.850. The van der Waals surface area contributed by atoms with Crippen molar-refractivity contribution in [1.29, 1.82) is 0 Å². The third kappa shape index (κ3) is 6.18. The number of furan rings is 1. The lowest BCUT2D eigenvalue weighted by molar-refractivity contribution is 0.323. The molecule has 1 aromatic heterocycles. The van der Waals surface area contributed by atoms with Gasteiger partial charge in [0.15, 0.2) is 0 Å². The van der Waals surface area contributed by atoms with Gasteiger partial charge in [0.05, 0.1) is 12.0 Å². The van der Waals surface area contributed by atoms with E-state index in [2.05, 4.69) is 10.2 Å². The molecule has 0 aliphatic rings. The molecule has 1 heterocycles. The molecule has 0 amide bonds. The number of hydrogen-bond acceptors (Lipinski definition) is 5. The van der Waals surface area contributed by atoms with Gasteiger partial charge in [-0.05, 0) is 20.0 Å². The van der Waals surface area contributed by atoms with Crippen molar-refractivity contribution in [3.05, 3.63) is 23.7 Å². The molecule has 0 aliphatic carbocycles. The Kier molecular flexibility index (Phi) is 5.84. The minimum Gasteiger partial charge on any atom is -0.469 e. The highest BCUT2D eigenvalue weighted by Crippen LogP contribution is 2.10. The molecule has 0 aromatic carbocycles. The number of sulfone groups is 1. The molecule has 0 saturated carbocycles. The maximum Gasteiger partial charge on any atom is 0.148 e. The van der Waals surface area contributed by atoms with Crippen molar-refractivity contribution >= 4 is 9.84 Å². The molecule has 6 heteroatoms. The summed E-state index contributed by atoms with van der Waals surface area (Å²) in [6.45, 7) is 4.96. The number of hydrogen-bond donors (Lipinski definition) is 1. The van der Waals surface area contributed by atoms with Crippen LogP contribution < -0.4 is 5.32 Å². The molecule has 0 aliphatic heterocycles. The van der Waals surface area contributed by atoms with E-state index in [9.17, 15) is 8.42 Å². The van der Waals surface area contributed by atoms with Crippen LogP contribution in [0.15, 0.2) is 16.7 Å². The van der Waals surface area contributed by atoms with Crippen LogP contribution >= 0.6 is 0 Å². The number of nitrogens with zero attached hydrogens (tertiary/aromatic N) is 1. The van der Waals surface area contributed by atoms with Crippen molar-refractivity contribution in [2.24, 2.45) is 0 Å². The molecule has 0 spiro atoms. The normalized spacial score (nSPS) is 12.2. The van der Waals surface area contributed by atoms with Crippen LogP contribution in [0.1, 0.15) is 11.3 Å². The van der Waals surface area contributed by atoms with Crippen LogP contribution in [0.5, 0.6) is 0 Å². The topological polar surface area (TPSA) is 62.6 Å². The van der Waals surface area contributed by atoms with E-state index in [0.29, 0.717) is 6.54 Å². The minimum atomic E-state index is -2.86. The first-order valence-corrected chi connectivity index (χ1v) is 8.04. The summed E-state index contributed by atoms with van der Waals surface area (Å²) in [7, 11) is -0.828. The Bertz CT molecular complexity index is 454. The smallest absolute Gasteiger partial charge is 0.148 e. The Morgan fingerprint density at radius 2 is 2.11 bits per heavy atom. The van der Waals surface area contributed by atoms with Gasteiger partial charge in [-0.2, -0.15) is 0 Å².